The van der Waals surface area contributed by atoms with E-state index in [9.17, 15) is 9.59 Å². The van der Waals surface area contributed by atoms with Crippen LogP contribution < -0.4 is 10.1 Å². The molecule has 0 unspecified atom stereocenters. The largest absolute Gasteiger partial charge is 0.497 e. The number of nitrogens with zero attached hydrogens (tertiary/aromatic N) is 1. The van der Waals surface area contributed by atoms with E-state index in [1.165, 1.54) is 0 Å². The number of methoxy groups -OCH3 is 1. The van der Waals surface area contributed by atoms with Crippen molar-refractivity contribution in [3.63, 3.8) is 0 Å². The smallest absolute Gasteiger partial charge is 0.225 e. The highest BCUT2D eigenvalue weighted by Gasteiger charge is 2.33. The molecule has 1 aliphatic heterocycles. The van der Waals surface area contributed by atoms with E-state index < -0.39 is 0 Å². The molecule has 1 fully saturated rings. The van der Waals surface area contributed by atoms with Gasteiger partial charge in [0.2, 0.25) is 11.8 Å². The molecule has 1 N–H and O–H groups in total. The molecule has 1 saturated heterocycles. The highest BCUT2D eigenvalue weighted by molar-refractivity contribution is 5.89. The average molecular weight is 338 g/mol. The minimum absolute atomic E-state index is 0.0356. The van der Waals surface area contributed by atoms with Crippen molar-refractivity contribution in [2.75, 3.05) is 13.7 Å². The molecule has 1 heterocycles. The molecule has 2 amide bonds. The zero-order valence-electron chi connectivity index (χ0n) is 14.3. The lowest BCUT2D eigenvalue weighted by Crippen LogP contribution is -2.32. The number of hydrogen-bond acceptors (Lipinski definition) is 3. The summed E-state index contributed by atoms with van der Waals surface area (Å²) in [5.74, 6) is 0.468. The Morgan fingerprint density at radius 2 is 1.84 bits per heavy atom. The quantitative estimate of drug-likeness (QED) is 0.880. The van der Waals surface area contributed by atoms with Gasteiger partial charge in [-0.3, -0.25) is 9.59 Å². The summed E-state index contributed by atoms with van der Waals surface area (Å²) >= 11 is 0. The van der Waals surface area contributed by atoms with Crippen molar-refractivity contribution in [2.45, 2.75) is 19.5 Å². The summed E-state index contributed by atoms with van der Waals surface area (Å²) in [6, 6.07) is 17.4. The topological polar surface area (TPSA) is 58.6 Å². The average Bonchev–Trinajstić information content (AvgIpc) is 3.01. The zero-order valence-corrected chi connectivity index (χ0v) is 14.3. The Hall–Kier alpha value is -2.82. The Kier molecular flexibility index (Phi) is 5.33. The lowest BCUT2D eigenvalue weighted by Gasteiger charge is -2.16. The fraction of sp³-hybridized carbons (Fsp3) is 0.300. The van der Waals surface area contributed by atoms with Crippen molar-refractivity contribution in [3.05, 3.63) is 65.7 Å². The maximum absolute atomic E-state index is 12.4. The molecule has 0 aliphatic carbocycles. The first kappa shape index (κ1) is 17.0. The van der Waals surface area contributed by atoms with Gasteiger partial charge in [-0.15, -0.1) is 0 Å². The van der Waals surface area contributed by atoms with Crippen LogP contribution in [0.1, 0.15) is 17.5 Å². The molecule has 5 heteroatoms. The lowest BCUT2D eigenvalue weighted by atomic mass is 10.1. The second-order valence-corrected chi connectivity index (χ2v) is 6.23. The summed E-state index contributed by atoms with van der Waals surface area (Å²) in [7, 11) is 1.62. The second kappa shape index (κ2) is 7.83. The summed E-state index contributed by atoms with van der Waals surface area (Å²) < 4.78 is 5.12. The number of carbonyl (C=O) groups excluding carboxylic acids is 2. The highest BCUT2D eigenvalue weighted by Crippen LogP contribution is 2.20. The minimum atomic E-state index is -0.283. The lowest BCUT2D eigenvalue weighted by molar-refractivity contribution is -0.129. The van der Waals surface area contributed by atoms with Crippen LogP contribution in [0.3, 0.4) is 0 Å². The van der Waals surface area contributed by atoms with E-state index in [0.717, 1.165) is 16.9 Å². The number of benzene rings is 2. The van der Waals surface area contributed by atoms with E-state index in [1.807, 2.05) is 54.6 Å². The van der Waals surface area contributed by atoms with Crippen LogP contribution in [-0.2, 0) is 22.7 Å². The summed E-state index contributed by atoms with van der Waals surface area (Å²) in [5.41, 5.74) is 2.08. The van der Waals surface area contributed by atoms with Gasteiger partial charge >= 0.3 is 0 Å². The van der Waals surface area contributed by atoms with Crippen LogP contribution in [0.4, 0.5) is 0 Å². The normalized spacial score (nSPS) is 16.8. The van der Waals surface area contributed by atoms with Crippen LogP contribution in [0, 0.1) is 5.92 Å². The summed E-state index contributed by atoms with van der Waals surface area (Å²) in [4.78, 5) is 26.3. The van der Waals surface area contributed by atoms with Gasteiger partial charge in [0, 0.05) is 26.1 Å². The van der Waals surface area contributed by atoms with E-state index in [4.69, 9.17) is 4.74 Å². The van der Waals surface area contributed by atoms with Crippen LogP contribution in [-0.4, -0.2) is 30.4 Å². The van der Waals surface area contributed by atoms with E-state index in [-0.39, 0.29) is 24.2 Å². The van der Waals surface area contributed by atoms with Crippen molar-refractivity contribution in [3.8, 4) is 5.75 Å². The van der Waals surface area contributed by atoms with Crippen molar-refractivity contribution < 1.29 is 14.3 Å². The number of rotatable bonds is 6. The first-order valence-corrected chi connectivity index (χ1v) is 8.38. The van der Waals surface area contributed by atoms with E-state index in [1.54, 1.807) is 12.0 Å². The van der Waals surface area contributed by atoms with E-state index >= 15 is 0 Å². The van der Waals surface area contributed by atoms with Gasteiger partial charge in [-0.2, -0.15) is 0 Å². The Balaban J connectivity index is 1.51. The molecule has 2 aromatic carbocycles. The highest BCUT2D eigenvalue weighted by atomic mass is 16.5. The van der Waals surface area contributed by atoms with Gasteiger partial charge in [-0.1, -0.05) is 42.5 Å². The number of nitrogens with one attached hydrogen (secondary N) is 1. The summed E-state index contributed by atoms with van der Waals surface area (Å²) in [5, 5.41) is 2.92. The van der Waals surface area contributed by atoms with Crippen molar-refractivity contribution in [1.82, 2.24) is 10.2 Å². The van der Waals surface area contributed by atoms with Gasteiger partial charge in [0.1, 0.15) is 5.75 Å². The van der Waals surface area contributed by atoms with E-state index in [2.05, 4.69) is 5.32 Å². The van der Waals surface area contributed by atoms with Crippen LogP contribution in [0.15, 0.2) is 54.6 Å². The molecular weight excluding hydrogens is 316 g/mol. The molecule has 3 rings (SSSR count). The Morgan fingerprint density at radius 1 is 1.12 bits per heavy atom. The van der Waals surface area contributed by atoms with Gasteiger partial charge in [0.25, 0.3) is 0 Å². The van der Waals surface area contributed by atoms with Crippen molar-refractivity contribution >= 4 is 11.8 Å². The fourth-order valence-corrected chi connectivity index (χ4v) is 2.98. The fourth-order valence-electron chi connectivity index (χ4n) is 2.98. The molecule has 1 aliphatic rings. The molecule has 0 saturated carbocycles. The van der Waals surface area contributed by atoms with Gasteiger partial charge < -0.3 is 15.0 Å². The van der Waals surface area contributed by atoms with Crippen molar-refractivity contribution in [2.24, 2.45) is 5.92 Å². The molecule has 0 radical (unpaired) electrons. The molecular formula is C20H22N2O3. The third-order valence-electron chi connectivity index (χ3n) is 4.43. The number of likely N-dealkylation sites (tertiary alicyclic amines) is 1. The number of hydrogen-bond donors (Lipinski definition) is 1. The molecule has 130 valence electrons. The predicted octanol–water partition coefficient (Wildman–Crippen LogP) is 2.36. The van der Waals surface area contributed by atoms with Crippen LogP contribution >= 0.6 is 0 Å². The third-order valence-corrected chi connectivity index (χ3v) is 4.43. The summed E-state index contributed by atoms with van der Waals surface area (Å²) in [6.45, 7) is 1.48. The van der Waals surface area contributed by atoms with Crippen LogP contribution in [0.25, 0.3) is 0 Å². The molecule has 0 spiro atoms. The Bertz CT molecular complexity index is 728. The molecule has 2 aromatic rings. The van der Waals surface area contributed by atoms with Gasteiger partial charge in [-0.05, 0) is 23.3 Å². The SMILES string of the molecule is COc1ccc(CNC(=O)[C@@H]2CC(=O)N(Cc3ccccc3)C2)cc1. The standard InChI is InChI=1S/C20H22N2O3/c1-25-18-9-7-15(8-10-18)12-21-20(24)17-11-19(23)22(14-17)13-16-5-3-2-4-6-16/h2-10,17H,11-14H2,1H3,(H,21,24)/t17-/m1/s1. The summed E-state index contributed by atoms with van der Waals surface area (Å²) in [6.07, 6.45) is 0.279. The minimum Gasteiger partial charge on any atom is -0.497 e. The second-order valence-electron chi connectivity index (χ2n) is 6.23. The molecule has 1 atom stereocenters. The number of carbonyl (C=O) groups is 2. The maximum Gasteiger partial charge on any atom is 0.225 e. The first-order valence-electron chi connectivity index (χ1n) is 8.38. The van der Waals surface area contributed by atoms with Crippen molar-refractivity contribution in [1.29, 1.82) is 0 Å². The molecule has 5 nitrogen and oxygen atoms in total. The third kappa shape index (κ3) is 4.38. The number of ether oxygens (including phenoxy) is 1. The van der Waals surface area contributed by atoms with Gasteiger partial charge in [-0.25, -0.2) is 0 Å². The first-order chi connectivity index (χ1) is 12.2. The number of amides is 2. The monoisotopic (exact) mass is 338 g/mol. The van der Waals surface area contributed by atoms with Gasteiger partial charge in [0.05, 0.1) is 13.0 Å². The predicted molar refractivity (Wildman–Crippen MR) is 94.8 cm³/mol. The van der Waals surface area contributed by atoms with Gasteiger partial charge in [0.15, 0.2) is 0 Å². The molecule has 0 aromatic heterocycles. The Morgan fingerprint density at radius 3 is 2.52 bits per heavy atom. The zero-order chi connectivity index (χ0) is 17.6. The van der Waals surface area contributed by atoms with Crippen LogP contribution in [0.5, 0.6) is 5.75 Å². The molecule has 25 heavy (non-hydrogen) atoms. The Labute approximate surface area is 147 Å². The van der Waals surface area contributed by atoms with Crippen LogP contribution in [0.2, 0.25) is 0 Å². The maximum atomic E-state index is 12.4. The molecule has 0 bridgehead atoms. The van der Waals surface area contributed by atoms with E-state index in [0.29, 0.717) is 19.6 Å².